The van der Waals surface area contributed by atoms with Crippen LogP contribution in [0.1, 0.15) is 31.9 Å². The van der Waals surface area contributed by atoms with Gasteiger partial charge in [-0.1, -0.05) is 13.0 Å². The van der Waals surface area contributed by atoms with E-state index in [0.29, 0.717) is 24.6 Å². The fourth-order valence-electron chi connectivity index (χ4n) is 3.46. The molecule has 2 aromatic rings. The third kappa shape index (κ3) is 5.78. The molecule has 1 saturated heterocycles. The standard InChI is InChI=1S/C22H28N4O2S/c1-17-8-12-26(13-9-17)22(27)21(10-14-25-11-4-5-18(25)16-23)24-29-20-7-3-6-19(15-20)28-2/h3-7,11,15,17,21,24H,8-10,12-14H2,1-2H3. The van der Waals surface area contributed by atoms with Crippen LogP contribution < -0.4 is 9.46 Å². The predicted octanol–water partition coefficient (Wildman–Crippen LogP) is 3.68. The summed E-state index contributed by atoms with van der Waals surface area (Å²) in [5, 5.41) is 9.23. The van der Waals surface area contributed by atoms with Crippen LogP contribution in [0.3, 0.4) is 0 Å². The van der Waals surface area contributed by atoms with E-state index in [4.69, 9.17) is 4.74 Å². The molecule has 1 unspecified atom stereocenters. The number of carbonyl (C=O) groups excluding carboxylic acids is 1. The summed E-state index contributed by atoms with van der Waals surface area (Å²) >= 11 is 1.45. The van der Waals surface area contributed by atoms with E-state index in [0.717, 1.165) is 36.6 Å². The number of nitriles is 1. The normalized spacial score (nSPS) is 15.7. The Balaban J connectivity index is 1.67. The van der Waals surface area contributed by atoms with Crippen molar-refractivity contribution in [2.24, 2.45) is 5.92 Å². The monoisotopic (exact) mass is 412 g/mol. The van der Waals surface area contributed by atoms with Crippen molar-refractivity contribution in [1.82, 2.24) is 14.2 Å². The lowest BCUT2D eigenvalue weighted by atomic mass is 9.98. The molecule has 0 aliphatic carbocycles. The highest BCUT2D eigenvalue weighted by atomic mass is 32.2. The SMILES string of the molecule is COc1cccc(SNC(CCn2cccc2C#N)C(=O)N2CCC(C)CC2)c1. The molecule has 1 aliphatic rings. The van der Waals surface area contributed by atoms with Crippen LogP contribution in [0.25, 0.3) is 0 Å². The van der Waals surface area contributed by atoms with E-state index >= 15 is 0 Å². The van der Waals surface area contributed by atoms with Gasteiger partial charge in [0.05, 0.1) is 13.2 Å². The van der Waals surface area contributed by atoms with E-state index < -0.39 is 0 Å². The zero-order chi connectivity index (χ0) is 20.6. The molecule has 0 spiro atoms. The van der Waals surface area contributed by atoms with E-state index in [-0.39, 0.29) is 11.9 Å². The number of nitrogens with one attached hydrogen (secondary N) is 1. The Morgan fingerprint density at radius 1 is 1.34 bits per heavy atom. The fraction of sp³-hybridized carbons (Fsp3) is 0.455. The summed E-state index contributed by atoms with van der Waals surface area (Å²) in [6, 6.07) is 13.3. The van der Waals surface area contributed by atoms with Crippen molar-refractivity contribution in [1.29, 1.82) is 5.26 Å². The quantitative estimate of drug-likeness (QED) is 0.670. The Kier molecular flexibility index (Phi) is 7.62. The molecule has 1 aromatic carbocycles. The summed E-state index contributed by atoms with van der Waals surface area (Å²) < 4.78 is 10.6. The van der Waals surface area contributed by atoms with Gasteiger partial charge >= 0.3 is 0 Å². The molecule has 0 saturated carbocycles. The Bertz CT molecular complexity index is 852. The van der Waals surface area contributed by atoms with Crippen LogP contribution in [-0.4, -0.2) is 41.6 Å². The first-order valence-corrected chi connectivity index (χ1v) is 10.8. The van der Waals surface area contributed by atoms with Crippen molar-refractivity contribution in [2.75, 3.05) is 20.2 Å². The smallest absolute Gasteiger partial charge is 0.240 e. The minimum absolute atomic E-state index is 0.137. The van der Waals surface area contributed by atoms with Gasteiger partial charge in [0.1, 0.15) is 17.5 Å². The Labute approximate surface area is 177 Å². The average molecular weight is 413 g/mol. The fourth-order valence-corrected chi connectivity index (χ4v) is 4.28. The van der Waals surface area contributed by atoms with Crippen LogP contribution in [0.4, 0.5) is 0 Å². The molecule has 1 N–H and O–H groups in total. The van der Waals surface area contributed by atoms with Crippen LogP contribution in [0.5, 0.6) is 5.75 Å². The van der Waals surface area contributed by atoms with Crippen molar-refractivity contribution < 1.29 is 9.53 Å². The third-order valence-corrected chi connectivity index (χ3v) is 6.25. The number of likely N-dealkylation sites (tertiary alicyclic amines) is 1. The largest absolute Gasteiger partial charge is 0.497 e. The minimum atomic E-state index is -0.325. The predicted molar refractivity (Wildman–Crippen MR) is 115 cm³/mol. The summed E-state index contributed by atoms with van der Waals surface area (Å²) in [5.74, 6) is 1.60. The third-order valence-electron chi connectivity index (χ3n) is 5.36. The molecule has 0 radical (unpaired) electrons. The maximum Gasteiger partial charge on any atom is 0.240 e. The highest BCUT2D eigenvalue weighted by molar-refractivity contribution is 7.97. The molecule has 2 heterocycles. The molecular formula is C22H28N4O2S. The number of amides is 1. The van der Waals surface area contributed by atoms with Gasteiger partial charge in [-0.2, -0.15) is 5.26 Å². The van der Waals surface area contributed by atoms with Gasteiger partial charge in [0, 0.05) is 30.7 Å². The molecule has 6 nitrogen and oxygen atoms in total. The molecule has 7 heteroatoms. The molecule has 0 bridgehead atoms. The van der Waals surface area contributed by atoms with Crippen molar-refractivity contribution in [2.45, 2.75) is 43.7 Å². The number of ether oxygens (including phenoxy) is 1. The maximum absolute atomic E-state index is 13.2. The number of benzene rings is 1. The molecule has 29 heavy (non-hydrogen) atoms. The Hall–Kier alpha value is -2.43. The van der Waals surface area contributed by atoms with Crippen molar-refractivity contribution in [3.63, 3.8) is 0 Å². The molecule has 154 valence electrons. The second-order valence-corrected chi connectivity index (χ2v) is 8.36. The first kappa shape index (κ1) is 21.3. The molecule has 1 fully saturated rings. The van der Waals surface area contributed by atoms with Gasteiger partial charge in [-0.15, -0.1) is 0 Å². The van der Waals surface area contributed by atoms with Gasteiger partial charge in [-0.25, -0.2) is 4.72 Å². The first-order valence-electron chi connectivity index (χ1n) is 10.0. The average Bonchev–Trinajstić information content (AvgIpc) is 3.21. The molecule has 1 aliphatic heterocycles. The second-order valence-electron chi connectivity index (χ2n) is 7.45. The van der Waals surface area contributed by atoms with E-state index in [2.05, 4.69) is 17.7 Å². The Morgan fingerprint density at radius 2 is 2.14 bits per heavy atom. The van der Waals surface area contributed by atoms with Crippen LogP contribution in [0.15, 0.2) is 47.5 Å². The van der Waals surface area contributed by atoms with Crippen LogP contribution in [0.2, 0.25) is 0 Å². The van der Waals surface area contributed by atoms with Gasteiger partial charge in [0.25, 0.3) is 0 Å². The number of hydrogen-bond donors (Lipinski definition) is 1. The number of piperidine rings is 1. The first-order chi connectivity index (χ1) is 14.1. The molecule has 3 rings (SSSR count). The van der Waals surface area contributed by atoms with Crippen LogP contribution in [-0.2, 0) is 11.3 Å². The summed E-state index contributed by atoms with van der Waals surface area (Å²) in [4.78, 5) is 16.2. The molecule has 1 atom stereocenters. The van der Waals surface area contributed by atoms with E-state index in [1.165, 1.54) is 11.9 Å². The number of rotatable bonds is 8. The lowest BCUT2D eigenvalue weighted by molar-refractivity contribution is -0.134. The number of hydrogen-bond acceptors (Lipinski definition) is 5. The highest BCUT2D eigenvalue weighted by Crippen LogP contribution is 2.23. The minimum Gasteiger partial charge on any atom is -0.497 e. The lowest BCUT2D eigenvalue weighted by Gasteiger charge is -2.33. The number of nitrogens with zero attached hydrogens (tertiary/aromatic N) is 3. The second kappa shape index (κ2) is 10.4. The van der Waals surface area contributed by atoms with Gasteiger partial charge in [0.15, 0.2) is 0 Å². The van der Waals surface area contributed by atoms with E-state index in [1.807, 2.05) is 46.0 Å². The van der Waals surface area contributed by atoms with Crippen LogP contribution >= 0.6 is 11.9 Å². The zero-order valence-corrected chi connectivity index (χ0v) is 17.8. The molecular weight excluding hydrogens is 384 g/mol. The van der Waals surface area contributed by atoms with Gasteiger partial charge < -0.3 is 14.2 Å². The number of carbonyl (C=O) groups is 1. The number of aryl methyl sites for hydroxylation is 1. The summed E-state index contributed by atoms with van der Waals surface area (Å²) in [6.07, 6.45) is 4.61. The van der Waals surface area contributed by atoms with Gasteiger partial charge in [-0.3, -0.25) is 4.79 Å². The summed E-state index contributed by atoms with van der Waals surface area (Å²) in [5.41, 5.74) is 0.614. The number of aromatic nitrogens is 1. The van der Waals surface area contributed by atoms with Crippen LogP contribution in [0, 0.1) is 17.2 Å². The summed E-state index contributed by atoms with van der Waals surface area (Å²) in [6.45, 7) is 4.48. The summed E-state index contributed by atoms with van der Waals surface area (Å²) in [7, 11) is 1.64. The van der Waals surface area contributed by atoms with Gasteiger partial charge in [-0.05, 0) is 67.5 Å². The van der Waals surface area contributed by atoms with E-state index in [9.17, 15) is 10.1 Å². The lowest BCUT2D eigenvalue weighted by Crippen LogP contribution is -2.47. The van der Waals surface area contributed by atoms with Crippen molar-refractivity contribution >= 4 is 17.9 Å². The highest BCUT2D eigenvalue weighted by Gasteiger charge is 2.27. The van der Waals surface area contributed by atoms with E-state index in [1.54, 1.807) is 13.2 Å². The Morgan fingerprint density at radius 3 is 2.86 bits per heavy atom. The number of methoxy groups -OCH3 is 1. The van der Waals surface area contributed by atoms with Crippen molar-refractivity contribution in [3.8, 4) is 11.8 Å². The van der Waals surface area contributed by atoms with Crippen molar-refractivity contribution in [3.05, 3.63) is 48.3 Å². The molecule has 1 aromatic heterocycles. The molecule has 1 amide bonds. The van der Waals surface area contributed by atoms with Gasteiger partial charge in [0.2, 0.25) is 5.91 Å². The maximum atomic E-state index is 13.2. The zero-order valence-electron chi connectivity index (χ0n) is 17.0. The topological polar surface area (TPSA) is 70.3 Å².